The number of benzene rings is 2. The van der Waals surface area contributed by atoms with Crippen LogP contribution in [0.5, 0.6) is 5.75 Å². The number of hydrogen-bond donors (Lipinski definition) is 2. The van der Waals surface area contributed by atoms with Crippen molar-refractivity contribution in [3.05, 3.63) is 78.7 Å². The molecular formula is C28H29F3N6O2. The number of nitrogens with one attached hydrogen (secondary N) is 2. The molecule has 0 aliphatic heterocycles. The monoisotopic (exact) mass is 538 g/mol. The fraction of sp³-hybridized carbons (Fsp3) is 0.250. The maximum atomic E-state index is 14.0. The molecule has 0 atom stereocenters. The summed E-state index contributed by atoms with van der Waals surface area (Å²) in [5, 5.41) is 6.47. The Labute approximate surface area is 224 Å². The molecule has 2 heterocycles. The molecule has 0 saturated heterocycles. The Morgan fingerprint density at radius 2 is 2.05 bits per heavy atom. The molecule has 0 spiro atoms. The summed E-state index contributed by atoms with van der Waals surface area (Å²) in [6, 6.07) is 9.28. The molecule has 2 aromatic heterocycles. The van der Waals surface area contributed by atoms with E-state index < -0.39 is 12.5 Å². The van der Waals surface area contributed by atoms with Crippen LogP contribution in [0.25, 0.3) is 22.2 Å². The number of nitrogens with zero attached hydrogens (tertiary/aromatic N) is 4. The van der Waals surface area contributed by atoms with E-state index in [-0.39, 0.29) is 18.0 Å². The fourth-order valence-corrected chi connectivity index (χ4v) is 4.33. The molecule has 4 aromatic rings. The first kappa shape index (κ1) is 27.6. The first-order valence-electron chi connectivity index (χ1n) is 12.2. The summed E-state index contributed by atoms with van der Waals surface area (Å²) < 4.78 is 47.6. The normalized spacial score (nSPS) is 11.2. The van der Waals surface area contributed by atoms with Gasteiger partial charge in [-0.3, -0.25) is 4.79 Å². The quantitative estimate of drug-likeness (QED) is 0.268. The van der Waals surface area contributed by atoms with Crippen molar-refractivity contribution in [3.63, 3.8) is 0 Å². The van der Waals surface area contributed by atoms with Gasteiger partial charge in [0.2, 0.25) is 5.91 Å². The lowest BCUT2D eigenvalue weighted by atomic mass is 10.1. The number of halogens is 3. The summed E-state index contributed by atoms with van der Waals surface area (Å²) in [6.07, 6.45) is 4.57. The van der Waals surface area contributed by atoms with Gasteiger partial charge < -0.3 is 24.8 Å². The minimum absolute atomic E-state index is 0.0342. The summed E-state index contributed by atoms with van der Waals surface area (Å²) in [5.41, 5.74) is 3.33. The second-order valence-electron chi connectivity index (χ2n) is 8.92. The van der Waals surface area contributed by atoms with E-state index in [1.54, 1.807) is 38.5 Å². The van der Waals surface area contributed by atoms with Crippen LogP contribution in [0.4, 0.5) is 24.5 Å². The van der Waals surface area contributed by atoms with Gasteiger partial charge in [-0.1, -0.05) is 6.58 Å². The van der Waals surface area contributed by atoms with Crippen molar-refractivity contribution in [1.29, 1.82) is 0 Å². The van der Waals surface area contributed by atoms with Crippen molar-refractivity contribution >= 4 is 28.2 Å². The van der Waals surface area contributed by atoms with Gasteiger partial charge in [0.25, 0.3) is 0 Å². The van der Waals surface area contributed by atoms with Crippen molar-refractivity contribution in [2.75, 3.05) is 37.4 Å². The number of aryl methyl sites for hydroxylation is 1. The zero-order valence-corrected chi connectivity index (χ0v) is 21.8. The third-order valence-corrected chi connectivity index (χ3v) is 6.23. The van der Waals surface area contributed by atoms with E-state index in [0.717, 1.165) is 11.6 Å². The largest absolute Gasteiger partial charge is 0.434 e. The molecule has 0 saturated carbocycles. The molecule has 2 aromatic carbocycles. The zero-order chi connectivity index (χ0) is 28.1. The molecule has 0 unspecified atom stereocenters. The van der Waals surface area contributed by atoms with Gasteiger partial charge in [0.15, 0.2) is 0 Å². The molecule has 2 N–H and O–H groups in total. The first-order chi connectivity index (χ1) is 18.7. The highest BCUT2D eigenvalue weighted by Gasteiger charge is 2.20. The minimum atomic E-state index is -3.06. The van der Waals surface area contributed by atoms with Crippen molar-refractivity contribution in [2.24, 2.45) is 7.05 Å². The summed E-state index contributed by atoms with van der Waals surface area (Å²) in [4.78, 5) is 23.0. The molecule has 39 heavy (non-hydrogen) atoms. The van der Waals surface area contributed by atoms with Crippen molar-refractivity contribution < 1.29 is 22.7 Å². The van der Waals surface area contributed by atoms with E-state index in [9.17, 15) is 18.0 Å². The molecule has 0 bridgehead atoms. The van der Waals surface area contributed by atoms with Crippen LogP contribution in [0.3, 0.4) is 0 Å². The van der Waals surface area contributed by atoms with Crippen LogP contribution < -0.4 is 20.3 Å². The number of aromatic nitrogens is 3. The second-order valence-corrected chi connectivity index (χ2v) is 8.92. The average Bonchev–Trinajstić information content (AvgIpc) is 3.23. The molecule has 0 aliphatic rings. The van der Waals surface area contributed by atoms with Crippen LogP contribution in [0.2, 0.25) is 0 Å². The molecule has 204 valence electrons. The van der Waals surface area contributed by atoms with Gasteiger partial charge in [-0.15, -0.1) is 0 Å². The Balaban J connectivity index is 1.77. The number of likely N-dealkylation sites (N-methyl/N-ethyl adjacent to an activating group) is 2. The Morgan fingerprint density at radius 1 is 1.26 bits per heavy atom. The van der Waals surface area contributed by atoms with E-state index in [1.165, 1.54) is 18.2 Å². The van der Waals surface area contributed by atoms with Gasteiger partial charge in [-0.2, -0.15) is 8.78 Å². The van der Waals surface area contributed by atoms with E-state index >= 15 is 0 Å². The minimum Gasteiger partial charge on any atom is -0.434 e. The SMILES string of the molecule is C=CC(=O)Nc1cc(Cc2nccc(-c3cn(C)c4ccc(F)cc34)n2)c(OC(F)F)cc1N(C)CCNC. The summed E-state index contributed by atoms with van der Waals surface area (Å²) >= 11 is 0. The van der Waals surface area contributed by atoms with Crippen LogP contribution in [0, 0.1) is 5.82 Å². The maximum absolute atomic E-state index is 14.0. The molecule has 1 amide bonds. The van der Waals surface area contributed by atoms with Gasteiger partial charge >= 0.3 is 6.61 Å². The number of alkyl halides is 2. The molecule has 4 rings (SSSR count). The Kier molecular flexibility index (Phi) is 8.50. The topological polar surface area (TPSA) is 84.3 Å². The molecule has 8 nitrogen and oxygen atoms in total. The smallest absolute Gasteiger partial charge is 0.387 e. The number of carbonyl (C=O) groups is 1. The molecule has 0 radical (unpaired) electrons. The number of fused-ring (bicyclic) bond motifs is 1. The number of anilines is 2. The highest BCUT2D eigenvalue weighted by atomic mass is 19.3. The van der Waals surface area contributed by atoms with Gasteiger partial charge in [-0.25, -0.2) is 14.4 Å². The van der Waals surface area contributed by atoms with Gasteiger partial charge in [-0.05, 0) is 43.5 Å². The van der Waals surface area contributed by atoms with Crippen LogP contribution in [0.15, 0.2) is 61.4 Å². The van der Waals surface area contributed by atoms with E-state index in [2.05, 4.69) is 27.2 Å². The lowest BCUT2D eigenvalue weighted by molar-refractivity contribution is -0.111. The van der Waals surface area contributed by atoms with Crippen LogP contribution in [-0.4, -0.2) is 54.2 Å². The predicted molar refractivity (Wildman–Crippen MR) is 146 cm³/mol. The van der Waals surface area contributed by atoms with E-state index in [0.29, 0.717) is 52.5 Å². The maximum Gasteiger partial charge on any atom is 0.387 e. The van der Waals surface area contributed by atoms with Crippen molar-refractivity contribution in [3.8, 4) is 17.0 Å². The molecular weight excluding hydrogens is 509 g/mol. The third kappa shape index (κ3) is 6.37. The Bertz CT molecular complexity index is 1500. The summed E-state index contributed by atoms with van der Waals surface area (Å²) in [5.74, 6) is -0.550. The number of carbonyl (C=O) groups excluding carboxylic acids is 1. The Morgan fingerprint density at radius 3 is 2.77 bits per heavy atom. The number of ether oxygens (including phenoxy) is 1. The van der Waals surface area contributed by atoms with Crippen molar-refractivity contribution in [2.45, 2.75) is 13.0 Å². The number of rotatable bonds is 11. The third-order valence-electron chi connectivity index (χ3n) is 6.23. The summed E-state index contributed by atoms with van der Waals surface area (Å²) in [6.45, 7) is 1.59. The van der Waals surface area contributed by atoms with Gasteiger partial charge in [0.05, 0.1) is 17.1 Å². The lowest BCUT2D eigenvalue weighted by Crippen LogP contribution is -2.28. The van der Waals surface area contributed by atoms with Crippen molar-refractivity contribution in [1.82, 2.24) is 19.9 Å². The highest BCUT2D eigenvalue weighted by molar-refractivity contribution is 6.01. The second kappa shape index (κ2) is 12.0. The van der Waals surface area contributed by atoms with Gasteiger partial charge in [0, 0.05) is 74.1 Å². The fourth-order valence-electron chi connectivity index (χ4n) is 4.33. The molecule has 0 aliphatic carbocycles. The van der Waals surface area contributed by atoms with Crippen LogP contribution >= 0.6 is 0 Å². The predicted octanol–water partition coefficient (Wildman–Crippen LogP) is 4.75. The highest BCUT2D eigenvalue weighted by Crippen LogP contribution is 2.36. The Hall–Kier alpha value is -4.38. The number of amides is 1. The number of hydrogen-bond acceptors (Lipinski definition) is 6. The zero-order valence-electron chi connectivity index (χ0n) is 21.8. The summed E-state index contributed by atoms with van der Waals surface area (Å²) in [7, 11) is 5.43. The van der Waals surface area contributed by atoms with Crippen LogP contribution in [0.1, 0.15) is 11.4 Å². The van der Waals surface area contributed by atoms with E-state index in [1.807, 2.05) is 22.7 Å². The standard InChI is InChI=1S/C28H29F3N6O2/c1-5-27(38)35-22-12-17(25(39-28(30)31)15-24(22)36(3)11-10-32-2)13-26-33-9-8-21(34-26)20-16-37(4)23-7-6-18(29)14-19(20)23/h5-9,12,14-16,28,32H,1,10-11,13H2,2-4H3,(H,35,38). The van der Waals surface area contributed by atoms with E-state index in [4.69, 9.17) is 4.74 Å². The van der Waals surface area contributed by atoms with Gasteiger partial charge in [0.1, 0.15) is 17.4 Å². The molecule has 11 heteroatoms. The molecule has 0 fully saturated rings. The average molecular weight is 539 g/mol. The van der Waals surface area contributed by atoms with Crippen LogP contribution in [-0.2, 0) is 18.3 Å². The first-order valence-corrected chi connectivity index (χ1v) is 12.2. The lowest BCUT2D eigenvalue weighted by Gasteiger charge is -2.24.